The van der Waals surface area contributed by atoms with E-state index in [0.717, 1.165) is 5.56 Å². The lowest BCUT2D eigenvalue weighted by Crippen LogP contribution is -2.19. The zero-order valence-electron chi connectivity index (χ0n) is 17.4. The molecule has 9 nitrogen and oxygen atoms in total. The number of hydrogen-bond donors (Lipinski definition) is 4. The Morgan fingerprint density at radius 2 is 1.91 bits per heavy atom. The quantitative estimate of drug-likeness (QED) is 0.354. The summed E-state index contributed by atoms with van der Waals surface area (Å²) >= 11 is 0. The second-order valence-corrected chi connectivity index (χ2v) is 6.79. The van der Waals surface area contributed by atoms with Crippen molar-refractivity contribution in [3.05, 3.63) is 66.4 Å². The number of carbonyl (C=O) groups is 1. The van der Waals surface area contributed by atoms with Crippen LogP contribution in [-0.2, 0) is 6.42 Å². The monoisotopic (exact) mass is 432 g/mol. The Balaban J connectivity index is 1.53. The van der Waals surface area contributed by atoms with Gasteiger partial charge in [0.25, 0.3) is 0 Å². The first-order chi connectivity index (χ1) is 15.7. The first kappa shape index (κ1) is 22.5. The molecule has 0 atom stereocenters. The van der Waals surface area contributed by atoms with Gasteiger partial charge in [0.15, 0.2) is 0 Å². The first-order valence-electron chi connectivity index (χ1n) is 10.2. The molecule has 1 heterocycles. The minimum absolute atomic E-state index is 0.0936. The zero-order valence-corrected chi connectivity index (χ0v) is 17.4. The Labute approximate surface area is 186 Å². The molecule has 0 bridgehead atoms. The number of aromatic nitrogens is 2. The fourth-order valence-electron chi connectivity index (χ4n) is 2.79. The van der Waals surface area contributed by atoms with E-state index in [1.54, 1.807) is 42.6 Å². The third kappa shape index (κ3) is 7.27. The lowest BCUT2D eigenvalue weighted by molar-refractivity contribution is 0.262. The van der Waals surface area contributed by atoms with Gasteiger partial charge in [-0.3, -0.25) is 0 Å². The molecule has 0 fully saturated rings. The predicted octanol–water partition coefficient (Wildman–Crippen LogP) is 4.16. The van der Waals surface area contributed by atoms with Crippen molar-refractivity contribution in [2.45, 2.75) is 19.3 Å². The van der Waals surface area contributed by atoms with Crippen LogP contribution in [-0.4, -0.2) is 34.3 Å². The number of ether oxygens (including phenoxy) is 1. The molecule has 9 heteroatoms. The highest BCUT2D eigenvalue weighted by atomic mass is 16.5. The van der Waals surface area contributed by atoms with Gasteiger partial charge in [-0.25, -0.2) is 9.78 Å². The van der Waals surface area contributed by atoms with E-state index in [1.165, 1.54) is 0 Å². The third-order valence-electron chi connectivity index (χ3n) is 4.29. The number of anilines is 3. The number of amides is 2. The number of nitrogens with zero attached hydrogens (tertiary/aromatic N) is 3. The summed E-state index contributed by atoms with van der Waals surface area (Å²) < 4.78 is 5.73. The van der Waals surface area contributed by atoms with E-state index in [1.807, 2.05) is 18.2 Å². The van der Waals surface area contributed by atoms with Crippen molar-refractivity contribution in [2.75, 3.05) is 29.1 Å². The Hall–Kier alpha value is -4.16. The Bertz CT molecular complexity index is 1070. The van der Waals surface area contributed by atoms with Crippen molar-refractivity contribution < 1.29 is 14.6 Å². The van der Waals surface area contributed by atoms with Gasteiger partial charge in [-0.05, 0) is 54.8 Å². The maximum absolute atomic E-state index is 12.3. The summed E-state index contributed by atoms with van der Waals surface area (Å²) in [6.45, 7) is 0.656. The average molecular weight is 432 g/mol. The van der Waals surface area contributed by atoms with Crippen LogP contribution in [0.15, 0.2) is 60.8 Å². The molecule has 32 heavy (non-hydrogen) atoms. The molecule has 0 aliphatic rings. The van der Waals surface area contributed by atoms with Crippen LogP contribution in [0.5, 0.6) is 11.6 Å². The molecule has 2 aromatic carbocycles. The number of nitriles is 1. The van der Waals surface area contributed by atoms with Gasteiger partial charge < -0.3 is 25.8 Å². The van der Waals surface area contributed by atoms with E-state index >= 15 is 0 Å². The van der Waals surface area contributed by atoms with Crippen LogP contribution >= 0.6 is 0 Å². The van der Waals surface area contributed by atoms with Gasteiger partial charge in [0, 0.05) is 43.2 Å². The molecule has 2 amide bonds. The summed E-state index contributed by atoms with van der Waals surface area (Å²) in [5, 5.41) is 26.1. The summed E-state index contributed by atoms with van der Waals surface area (Å²) in [5.74, 6) is 1.35. The second kappa shape index (κ2) is 11.9. The summed E-state index contributed by atoms with van der Waals surface area (Å²) in [6.07, 6.45) is 3.25. The largest absolute Gasteiger partial charge is 0.439 e. The highest BCUT2D eigenvalue weighted by molar-refractivity contribution is 5.99. The maximum Gasteiger partial charge on any atom is 0.323 e. The average Bonchev–Trinajstić information content (AvgIpc) is 2.80. The number of rotatable bonds is 10. The van der Waals surface area contributed by atoms with Crippen LogP contribution < -0.4 is 20.7 Å². The van der Waals surface area contributed by atoms with Gasteiger partial charge >= 0.3 is 6.03 Å². The smallest absolute Gasteiger partial charge is 0.323 e. The molecule has 0 aliphatic heterocycles. The van der Waals surface area contributed by atoms with Crippen LogP contribution in [0.3, 0.4) is 0 Å². The molecule has 3 aromatic rings. The van der Waals surface area contributed by atoms with Gasteiger partial charge in [-0.15, -0.1) is 0 Å². The van der Waals surface area contributed by atoms with Crippen molar-refractivity contribution in [3.8, 4) is 17.7 Å². The molecule has 1 aromatic heterocycles. The van der Waals surface area contributed by atoms with E-state index in [-0.39, 0.29) is 12.6 Å². The molecule has 4 N–H and O–H groups in total. The topological polar surface area (TPSA) is 132 Å². The number of aryl methyl sites for hydroxylation is 1. The number of carbonyl (C=O) groups excluding carboxylic acids is 1. The molecular weight excluding hydrogens is 408 g/mol. The summed E-state index contributed by atoms with van der Waals surface area (Å²) in [5.41, 5.74) is 2.25. The molecule has 0 unspecified atom stereocenters. The number of nitrogens with one attached hydrogen (secondary N) is 3. The number of aliphatic hydroxyl groups excluding tert-OH is 1. The van der Waals surface area contributed by atoms with Gasteiger partial charge in [0.2, 0.25) is 11.8 Å². The van der Waals surface area contributed by atoms with E-state index in [0.29, 0.717) is 54.8 Å². The standard InChI is InChI=1S/C23H24N6O3/c24-12-2-5-17-4-1-6-19(16-17)28-23(31)27-18-7-9-20(10-8-18)32-21-11-14-26-22(29-21)25-13-3-15-30/h1,4,6-11,14,16,30H,2-3,5,13,15H2,(H,25,26,29)(H2,27,28,31). The first-order valence-corrected chi connectivity index (χ1v) is 10.2. The van der Waals surface area contributed by atoms with Crippen molar-refractivity contribution in [3.63, 3.8) is 0 Å². The van der Waals surface area contributed by atoms with E-state index < -0.39 is 0 Å². The molecule has 0 spiro atoms. The Morgan fingerprint density at radius 3 is 2.69 bits per heavy atom. The van der Waals surface area contributed by atoms with E-state index in [4.69, 9.17) is 15.1 Å². The molecule has 164 valence electrons. The van der Waals surface area contributed by atoms with Gasteiger partial charge in [-0.1, -0.05) is 12.1 Å². The van der Waals surface area contributed by atoms with Gasteiger partial charge in [0.05, 0.1) is 6.07 Å². The van der Waals surface area contributed by atoms with Gasteiger partial charge in [-0.2, -0.15) is 10.2 Å². The lowest BCUT2D eigenvalue weighted by Gasteiger charge is -2.10. The van der Waals surface area contributed by atoms with Crippen molar-refractivity contribution >= 4 is 23.4 Å². The molecule has 0 radical (unpaired) electrons. The van der Waals surface area contributed by atoms with Crippen LogP contribution in [0.4, 0.5) is 22.1 Å². The Kier molecular flexibility index (Phi) is 8.36. The molecule has 0 saturated carbocycles. The minimum atomic E-state index is -0.370. The third-order valence-corrected chi connectivity index (χ3v) is 4.29. The Morgan fingerprint density at radius 1 is 1.09 bits per heavy atom. The summed E-state index contributed by atoms with van der Waals surface area (Å²) in [7, 11) is 0. The van der Waals surface area contributed by atoms with E-state index in [2.05, 4.69) is 32.0 Å². The predicted molar refractivity (Wildman–Crippen MR) is 122 cm³/mol. The maximum atomic E-state index is 12.3. The SMILES string of the molecule is N#CCCc1cccc(NC(=O)Nc2ccc(Oc3ccnc(NCCCO)n3)cc2)c1. The number of aliphatic hydroxyl groups is 1. The van der Waals surface area contributed by atoms with Crippen molar-refractivity contribution in [1.29, 1.82) is 5.26 Å². The van der Waals surface area contributed by atoms with Crippen molar-refractivity contribution in [2.24, 2.45) is 0 Å². The van der Waals surface area contributed by atoms with Crippen LogP contribution in [0.25, 0.3) is 0 Å². The number of benzene rings is 2. The fraction of sp³-hybridized carbons (Fsp3) is 0.217. The number of hydrogen-bond acceptors (Lipinski definition) is 7. The fourth-order valence-corrected chi connectivity index (χ4v) is 2.79. The zero-order chi connectivity index (χ0) is 22.6. The minimum Gasteiger partial charge on any atom is -0.439 e. The number of urea groups is 1. The van der Waals surface area contributed by atoms with Crippen molar-refractivity contribution in [1.82, 2.24) is 9.97 Å². The molecule has 0 saturated heterocycles. The van der Waals surface area contributed by atoms with Crippen LogP contribution in [0.2, 0.25) is 0 Å². The second-order valence-electron chi connectivity index (χ2n) is 6.79. The molecule has 3 rings (SSSR count). The van der Waals surface area contributed by atoms with Crippen LogP contribution in [0, 0.1) is 11.3 Å². The molecular formula is C23H24N6O3. The highest BCUT2D eigenvalue weighted by Gasteiger charge is 2.06. The molecule has 0 aliphatic carbocycles. The van der Waals surface area contributed by atoms with Gasteiger partial charge in [0.1, 0.15) is 5.75 Å². The van der Waals surface area contributed by atoms with E-state index in [9.17, 15) is 4.79 Å². The lowest BCUT2D eigenvalue weighted by atomic mass is 10.1. The summed E-state index contributed by atoms with van der Waals surface area (Å²) in [6, 6.07) is 17.7. The summed E-state index contributed by atoms with van der Waals surface area (Å²) in [4.78, 5) is 20.6. The normalized spacial score (nSPS) is 10.1. The van der Waals surface area contributed by atoms with Crippen LogP contribution in [0.1, 0.15) is 18.4 Å². The highest BCUT2D eigenvalue weighted by Crippen LogP contribution is 2.22.